The van der Waals surface area contributed by atoms with E-state index in [1.807, 2.05) is 30.5 Å². The average molecular weight is 375 g/mol. The number of nitrogens with one attached hydrogen (secondary N) is 2. The van der Waals surface area contributed by atoms with Crippen LogP contribution < -0.4 is 10.1 Å². The number of rotatable bonds is 7. The van der Waals surface area contributed by atoms with Gasteiger partial charge in [-0.25, -0.2) is 9.97 Å². The highest BCUT2D eigenvalue weighted by Gasteiger charge is 2.17. The van der Waals surface area contributed by atoms with Crippen LogP contribution in [0.2, 0.25) is 0 Å². The van der Waals surface area contributed by atoms with Crippen LogP contribution in [0.4, 0.5) is 5.82 Å². The van der Waals surface area contributed by atoms with Gasteiger partial charge < -0.3 is 14.8 Å². The monoisotopic (exact) mass is 375 g/mol. The van der Waals surface area contributed by atoms with Crippen LogP contribution in [-0.4, -0.2) is 40.9 Å². The molecular formula is C21H21N5O2. The zero-order valence-electron chi connectivity index (χ0n) is 15.7. The molecule has 1 atom stereocenters. The molecule has 0 saturated carbocycles. The first-order chi connectivity index (χ1) is 13.8. The van der Waals surface area contributed by atoms with Gasteiger partial charge >= 0.3 is 0 Å². The molecule has 0 aliphatic rings. The molecule has 2 heterocycles. The molecule has 0 saturated heterocycles. The molecule has 4 rings (SSSR count). The minimum Gasteiger partial charge on any atom is -0.497 e. The number of hydrogen-bond acceptors (Lipinski definition) is 6. The van der Waals surface area contributed by atoms with Gasteiger partial charge in [-0.3, -0.25) is 5.10 Å². The predicted molar refractivity (Wildman–Crippen MR) is 108 cm³/mol. The van der Waals surface area contributed by atoms with Crippen LogP contribution in [0.25, 0.3) is 22.0 Å². The fraction of sp³-hybridized carbons (Fsp3) is 0.190. The highest BCUT2D eigenvalue weighted by molar-refractivity contribution is 5.84. The number of H-pyrrole nitrogens is 1. The molecule has 4 aromatic rings. The first kappa shape index (κ1) is 17.9. The maximum absolute atomic E-state index is 5.80. The van der Waals surface area contributed by atoms with Crippen molar-refractivity contribution in [2.45, 2.75) is 6.10 Å². The Labute approximate surface area is 162 Å². The van der Waals surface area contributed by atoms with Gasteiger partial charge in [-0.15, -0.1) is 0 Å². The third kappa shape index (κ3) is 3.65. The number of anilines is 1. The zero-order chi connectivity index (χ0) is 19.3. The number of aromatic nitrogens is 4. The highest BCUT2D eigenvalue weighted by atomic mass is 16.5. The van der Waals surface area contributed by atoms with Crippen molar-refractivity contribution < 1.29 is 9.47 Å². The van der Waals surface area contributed by atoms with Gasteiger partial charge in [0.2, 0.25) is 0 Å². The molecule has 0 bridgehead atoms. The summed E-state index contributed by atoms with van der Waals surface area (Å²) in [6.07, 6.45) is 4.86. The fourth-order valence-electron chi connectivity index (χ4n) is 3.21. The molecule has 2 aromatic carbocycles. The van der Waals surface area contributed by atoms with E-state index in [1.54, 1.807) is 20.4 Å². The Balaban J connectivity index is 1.70. The van der Waals surface area contributed by atoms with Crippen LogP contribution in [0.15, 0.2) is 61.2 Å². The van der Waals surface area contributed by atoms with Crippen molar-refractivity contribution in [2.75, 3.05) is 26.1 Å². The first-order valence-electron chi connectivity index (χ1n) is 8.92. The second kappa shape index (κ2) is 8.06. The van der Waals surface area contributed by atoms with Gasteiger partial charge in [-0.2, -0.15) is 5.10 Å². The maximum Gasteiger partial charge on any atom is 0.129 e. The minimum absolute atomic E-state index is 0.173. The predicted octanol–water partition coefficient (Wildman–Crippen LogP) is 3.83. The van der Waals surface area contributed by atoms with Crippen molar-refractivity contribution in [1.82, 2.24) is 20.2 Å². The van der Waals surface area contributed by atoms with Gasteiger partial charge in [0.05, 0.1) is 24.9 Å². The van der Waals surface area contributed by atoms with Gasteiger partial charge in [-0.1, -0.05) is 18.2 Å². The normalized spacial score (nSPS) is 12.1. The van der Waals surface area contributed by atoms with E-state index in [2.05, 4.69) is 43.7 Å². The van der Waals surface area contributed by atoms with E-state index >= 15 is 0 Å². The summed E-state index contributed by atoms with van der Waals surface area (Å²) in [4.78, 5) is 8.15. The Morgan fingerprint density at radius 3 is 2.82 bits per heavy atom. The molecule has 1 unspecified atom stereocenters. The molecular weight excluding hydrogens is 354 g/mol. The topological polar surface area (TPSA) is 84.9 Å². The lowest BCUT2D eigenvalue weighted by atomic mass is 9.95. The smallest absolute Gasteiger partial charge is 0.129 e. The molecule has 28 heavy (non-hydrogen) atoms. The summed E-state index contributed by atoms with van der Waals surface area (Å²) in [5, 5.41) is 11.5. The van der Waals surface area contributed by atoms with Gasteiger partial charge in [-0.05, 0) is 41.0 Å². The summed E-state index contributed by atoms with van der Waals surface area (Å²) < 4.78 is 11.3. The standard InChI is InChI=1S/C21H21N5O2/c1-27-16-5-6-17(20(28-2)12-23-21-7-8-22-13-24-21)18(10-16)14-3-4-15-11-25-26-19(15)9-14/h3-11,13,20H,12H2,1-2H3,(H,25,26)(H,22,23,24). The highest BCUT2D eigenvalue weighted by Crippen LogP contribution is 2.34. The molecule has 0 aliphatic carbocycles. The number of hydrogen-bond donors (Lipinski definition) is 2. The number of ether oxygens (including phenoxy) is 2. The summed E-state index contributed by atoms with van der Waals surface area (Å²) in [5.41, 5.74) is 4.16. The van der Waals surface area contributed by atoms with E-state index in [0.29, 0.717) is 6.54 Å². The zero-order valence-corrected chi connectivity index (χ0v) is 15.7. The minimum atomic E-state index is -0.173. The van der Waals surface area contributed by atoms with Crippen LogP contribution >= 0.6 is 0 Å². The third-order valence-corrected chi connectivity index (χ3v) is 4.70. The van der Waals surface area contributed by atoms with Crippen molar-refractivity contribution in [3.05, 3.63) is 66.7 Å². The van der Waals surface area contributed by atoms with Crippen molar-refractivity contribution in [3.8, 4) is 16.9 Å². The molecule has 0 spiro atoms. The summed E-state index contributed by atoms with van der Waals surface area (Å²) in [7, 11) is 3.37. The molecule has 0 fully saturated rings. The number of methoxy groups -OCH3 is 2. The van der Waals surface area contributed by atoms with E-state index < -0.39 is 0 Å². The molecule has 142 valence electrons. The van der Waals surface area contributed by atoms with Gasteiger partial charge in [0.25, 0.3) is 0 Å². The Morgan fingerprint density at radius 1 is 1.11 bits per heavy atom. The van der Waals surface area contributed by atoms with E-state index in [0.717, 1.165) is 39.2 Å². The Kier molecular flexibility index (Phi) is 5.16. The quantitative estimate of drug-likeness (QED) is 0.511. The number of nitrogens with zero attached hydrogens (tertiary/aromatic N) is 3. The number of benzene rings is 2. The summed E-state index contributed by atoms with van der Waals surface area (Å²) in [6, 6.07) is 14.1. The molecule has 2 N–H and O–H groups in total. The first-order valence-corrected chi connectivity index (χ1v) is 8.92. The second-order valence-corrected chi connectivity index (χ2v) is 6.33. The van der Waals surface area contributed by atoms with Crippen LogP contribution in [0.5, 0.6) is 5.75 Å². The molecule has 0 amide bonds. The van der Waals surface area contributed by atoms with Crippen molar-refractivity contribution in [3.63, 3.8) is 0 Å². The molecule has 0 radical (unpaired) electrons. The molecule has 2 aromatic heterocycles. The number of fused-ring (bicyclic) bond motifs is 1. The van der Waals surface area contributed by atoms with E-state index in [-0.39, 0.29) is 6.10 Å². The Morgan fingerprint density at radius 2 is 2.04 bits per heavy atom. The summed E-state index contributed by atoms with van der Waals surface area (Å²) in [5.74, 6) is 1.55. The van der Waals surface area contributed by atoms with Crippen molar-refractivity contribution in [2.24, 2.45) is 0 Å². The fourth-order valence-corrected chi connectivity index (χ4v) is 3.21. The third-order valence-electron chi connectivity index (χ3n) is 4.70. The largest absolute Gasteiger partial charge is 0.497 e. The van der Waals surface area contributed by atoms with E-state index in [1.165, 1.54) is 6.33 Å². The van der Waals surface area contributed by atoms with Crippen molar-refractivity contribution >= 4 is 16.7 Å². The molecule has 7 heteroatoms. The van der Waals surface area contributed by atoms with Gasteiger partial charge in [0.15, 0.2) is 0 Å². The van der Waals surface area contributed by atoms with Crippen LogP contribution in [0.1, 0.15) is 11.7 Å². The second-order valence-electron chi connectivity index (χ2n) is 6.33. The van der Waals surface area contributed by atoms with Crippen LogP contribution in [0, 0.1) is 0 Å². The summed E-state index contributed by atoms with van der Waals surface area (Å²) in [6.45, 7) is 0.569. The molecule has 7 nitrogen and oxygen atoms in total. The van der Waals surface area contributed by atoms with Crippen LogP contribution in [-0.2, 0) is 4.74 Å². The lowest BCUT2D eigenvalue weighted by molar-refractivity contribution is 0.114. The number of aromatic amines is 1. The summed E-state index contributed by atoms with van der Waals surface area (Å²) >= 11 is 0. The van der Waals surface area contributed by atoms with Gasteiger partial charge in [0, 0.05) is 25.2 Å². The Bertz CT molecular complexity index is 1060. The van der Waals surface area contributed by atoms with Crippen molar-refractivity contribution in [1.29, 1.82) is 0 Å². The lowest BCUT2D eigenvalue weighted by Crippen LogP contribution is -2.16. The van der Waals surface area contributed by atoms with Gasteiger partial charge in [0.1, 0.15) is 17.9 Å². The molecule has 0 aliphatic heterocycles. The SMILES string of the molecule is COc1ccc(C(CNc2ccncn2)OC)c(-c2ccc3cn[nH]c3c2)c1. The van der Waals surface area contributed by atoms with E-state index in [4.69, 9.17) is 9.47 Å². The van der Waals surface area contributed by atoms with E-state index in [9.17, 15) is 0 Å². The lowest BCUT2D eigenvalue weighted by Gasteiger charge is -2.21. The average Bonchev–Trinajstić information content (AvgIpc) is 3.23. The van der Waals surface area contributed by atoms with Crippen LogP contribution in [0.3, 0.4) is 0 Å². The Hall–Kier alpha value is -3.45. The maximum atomic E-state index is 5.80.